The van der Waals surface area contributed by atoms with Gasteiger partial charge in [-0.2, -0.15) is 4.98 Å². The molecule has 0 aromatic carbocycles. The SMILES string of the molecule is CC#CCn1c(N2CCC[C@@H](N)C2)nc2c1c(=O)n(Cc1cccs1)c(=O)n2C. The van der Waals surface area contributed by atoms with E-state index in [1.165, 1.54) is 20.5 Å². The van der Waals surface area contributed by atoms with Crippen LogP contribution < -0.4 is 21.9 Å². The molecule has 1 fully saturated rings. The fraction of sp³-hybridized carbons (Fsp3) is 0.450. The summed E-state index contributed by atoms with van der Waals surface area (Å²) in [5, 5.41) is 1.93. The van der Waals surface area contributed by atoms with Gasteiger partial charge in [-0.3, -0.25) is 18.5 Å². The minimum Gasteiger partial charge on any atom is -0.341 e. The molecule has 4 heterocycles. The van der Waals surface area contributed by atoms with Crippen molar-refractivity contribution in [3.8, 4) is 11.8 Å². The normalized spacial score (nSPS) is 16.8. The molecule has 1 saturated heterocycles. The van der Waals surface area contributed by atoms with E-state index < -0.39 is 0 Å². The number of nitrogens with two attached hydrogens (primary N) is 1. The number of hydrogen-bond donors (Lipinski definition) is 1. The molecule has 3 aromatic rings. The minimum absolute atomic E-state index is 0.0635. The predicted molar refractivity (Wildman–Crippen MR) is 116 cm³/mol. The molecule has 0 radical (unpaired) electrons. The van der Waals surface area contributed by atoms with Crippen LogP contribution in [0.15, 0.2) is 27.1 Å². The zero-order valence-electron chi connectivity index (χ0n) is 16.6. The largest absolute Gasteiger partial charge is 0.341 e. The van der Waals surface area contributed by atoms with Gasteiger partial charge in [0.05, 0.1) is 13.1 Å². The van der Waals surface area contributed by atoms with Crippen molar-refractivity contribution in [3.63, 3.8) is 0 Å². The van der Waals surface area contributed by atoms with Crippen molar-refractivity contribution in [3.05, 3.63) is 43.2 Å². The number of anilines is 1. The molecule has 1 atom stereocenters. The summed E-state index contributed by atoms with van der Waals surface area (Å²) < 4.78 is 4.56. The van der Waals surface area contributed by atoms with E-state index >= 15 is 0 Å². The quantitative estimate of drug-likeness (QED) is 0.645. The lowest BCUT2D eigenvalue weighted by molar-refractivity contribution is 0.496. The van der Waals surface area contributed by atoms with E-state index in [0.29, 0.717) is 30.2 Å². The maximum atomic E-state index is 13.4. The zero-order valence-corrected chi connectivity index (χ0v) is 17.4. The second-order valence-corrected chi connectivity index (χ2v) is 8.29. The second-order valence-electron chi connectivity index (χ2n) is 7.26. The Morgan fingerprint density at radius 2 is 2.17 bits per heavy atom. The first-order chi connectivity index (χ1) is 14.0. The van der Waals surface area contributed by atoms with Crippen molar-refractivity contribution in [1.29, 1.82) is 0 Å². The first kappa shape index (κ1) is 19.5. The van der Waals surface area contributed by atoms with E-state index in [1.807, 2.05) is 22.1 Å². The Hall–Kier alpha value is -2.83. The van der Waals surface area contributed by atoms with Crippen LogP contribution in [-0.4, -0.2) is 37.8 Å². The van der Waals surface area contributed by atoms with E-state index in [2.05, 4.69) is 16.7 Å². The summed E-state index contributed by atoms with van der Waals surface area (Å²) >= 11 is 1.52. The van der Waals surface area contributed by atoms with Gasteiger partial charge >= 0.3 is 5.69 Å². The van der Waals surface area contributed by atoms with Crippen molar-refractivity contribution in [2.24, 2.45) is 12.8 Å². The number of rotatable bonds is 4. The highest BCUT2D eigenvalue weighted by molar-refractivity contribution is 7.09. The number of aryl methyl sites for hydroxylation is 1. The number of piperidine rings is 1. The second kappa shape index (κ2) is 7.89. The molecule has 29 heavy (non-hydrogen) atoms. The van der Waals surface area contributed by atoms with Crippen LogP contribution in [0.2, 0.25) is 0 Å². The number of aromatic nitrogens is 4. The van der Waals surface area contributed by atoms with Gasteiger partial charge < -0.3 is 10.6 Å². The summed E-state index contributed by atoms with van der Waals surface area (Å²) in [5.41, 5.74) is 6.24. The van der Waals surface area contributed by atoms with Crippen LogP contribution in [0.1, 0.15) is 24.6 Å². The minimum atomic E-state index is -0.371. The van der Waals surface area contributed by atoms with Crippen LogP contribution >= 0.6 is 11.3 Å². The van der Waals surface area contributed by atoms with E-state index in [1.54, 1.807) is 14.0 Å². The Balaban J connectivity index is 1.94. The third-order valence-electron chi connectivity index (χ3n) is 5.26. The smallest absolute Gasteiger partial charge is 0.332 e. The van der Waals surface area contributed by atoms with Crippen LogP contribution in [-0.2, 0) is 20.1 Å². The lowest BCUT2D eigenvalue weighted by atomic mass is 10.1. The highest BCUT2D eigenvalue weighted by Gasteiger charge is 2.26. The van der Waals surface area contributed by atoms with Crippen LogP contribution in [0.25, 0.3) is 11.2 Å². The monoisotopic (exact) mass is 412 g/mol. The summed E-state index contributed by atoms with van der Waals surface area (Å²) in [4.78, 5) is 34.0. The molecule has 0 aliphatic carbocycles. The predicted octanol–water partition coefficient (Wildman–Crippen LogP) is 0.957. The first-order valence-corrected chi connectivity index (χ1v) is 10.5. The van der Waals surface area contributed by atoms with Crippen LogP contribution in [0.3, 0.4) is 0 Å². The first-order valence-electron chi connectivity index (χ1n) is 9.63. The van der Waals surface area contributed by atoms with Crippen LogP contribution in [0, 0.1) is 11.8 Å². The summed E-state index contributed by atoms with van der Waals surface area (Å²) in [7, 11) is 1.66. The average molecular weight is 413 g/mol. The van der Waals surface area contributed by atoms with E-state index in [9.17, 15) is 9.59 Å². The Bertz CT molecular complexity index is 1210. The fourth-order valence-electron chi connectivity index (χ4n) is 3.80. The lowest BCUT2D eigenvalue weighted by Crippen LogP contribution is -2.44. The molecule has 1 aliphatic heterocycles. The Morgan fingerprint density at radius 3 is 2.86 bits per heavy atom. The van der Waals surface area contributed by atoms with Crippen molar-refractivity contribution < 1.29 is 0 Å². The molecule has 3 aromatic heterocycles. The molecular weight excluding hydrogens is 388 g/mol. The molecule has 0 bridgehead atoms. The number of hydrogen-bond acceptors (Lipinski definition) is 6. The number of imidazole rings is 1. The van der Waals surface area contributed by atoms with Crippen LogP contribution in [0.4, 0.5) is 5.95 Å². The molecule has 4 rings (SSSR count). The van der Waals surface area contributed by atoms with Gasteiger partial charge in [0.2, 0.25) is 5.95 Å². The third-order valence-corrected chi connectivity index (χ3v) is 6.12. The molecule has 0 spiro atoms. The Labute approximate surface area is 172 Å². The van der Waals surface area contributed by atoms with Crippen molar-refractivity contribution in [1.82, 2.24) is 18.7 Å². The highest BCUT2D eigenvalue weighted by Crippen LogP contribution is 2.23. The molecule has 0 saturated carbocycles. The highest BCUT2D eigenvalue weighted by atomic mass is 32.1. The molecule has 2 N–H and O–H groups in total. The number of nitrogens with zero attached hydrogens (tertiary/aromatic N) is 5. The molecule has 152 valence electrons. The van der Waals surface area contributed by atoms with Gasteiger partial charge in [-0.25, -0.2) is 4.79 Å². The average Bonchev–Trinajstić information content (AvgIpc) is 3.36. The summed E-state index contributed by atoms with van der Waals surface area (Å²) in [6.45, 7) is 3.82. The molecular formula is C20H24N6O2S. The van der Waals surface area contributed by atoms with Gasteiger partial charge in [0.15, 0.2) is 11.2 Å². The van der Waals surface area contributed by atoms with Gasteiger partial charge in [0.25, 0.3) is 5.56 Å². The van der Waals surface area contributed by atoms with Crippen molar-refractivity contribution in [2.75, 3.05) is 18.0 Å². The fourth-order valence-corrected chi connectivity index (χ4v) is 4.49. The standard InChI is InChI=1S/C20H24N6O2S/c1-3-4-10-25-16-17(22-19(25)24-9-5-7-14(21)12-24)23(2)20(28)26(18(16)27)13-15-8-6-11-29-15/h6,8,11,14H,5,7,9-10,12-13,21H2,1-2H3/t14-/m1/s1. The number of thiophene rings is 1. The van der Waals surface area contributed by atoms with Crippen LogP contribution in [0.5, 0.6) is 0 Å². The van der Waals surface area contributed by atoms with Crippen molar-refractivity contribution in [2.45, 2.75) is 38.9 Å². The molecule has 0 unspecified atom stereocenters. The maximum absolute atomic E-state index is 13.4. The molecule has 8 nitrogen and oxygen atoms in total. The topological polar surface area (TPSA) is 91.1 Å². The van der Waals surface area contributed by atoms with Gasteiger partial charge in [-0.1, -0.05) is 12.0 Å². The summed E-state index contributed by atoms with van der Waals surface area (Å²) in [6.07, 6.45) is 1.93. The Kier molecular flexibility index (Phi) is 5.30. The third kappa shape index (κ3) is 3.50. The van der Waals surface area contributed by atoms with Gasteiger partial charge in [0, 0.05) is 31.1 Å². The van der Waals surface area contributed by atoms with Gasteiger partial charge in [0.1, 0.15) is 0 Å². The molecule has 9 heteroatoms. The maximum Gasteiger partial charge on any atom is 0.332 e. The van der Waals surface area contributed by atoms with E-state index in [4.69, 9.17) is 10.7 Å². The van der Waals surface area contributed by atoms with Gasteiger partial charge in [-0.15, -0.1) is 17.3 Å². The van der Waals surface area contributed by atoms with E-state index in [-0.39, 0.29) is 23.8 Å². The number of fused-ring (bicyclic) bond motifs is 1. The molecule has 1 aliphatic rings. The Morgan fingerprint density at radius 1 is 1.34 bits per heavy atom. The van der Waals surface area contributed by atoms with Crippen molar-refractivity contribution >= 4 is 28.4 Å². The van der Waals surface area contributed by atoms with Gasteiger partial charge in [-0.05, 0) is 31.2 Å². The summed E-state index contributed by atoms with van der Waals surface area (Å²) in [6, 6.07) is 3.89. The van der Waals surface area contributed by atoms with E-state index in [0.717, 1.165) is 24.3 Å². The molecule has 0 amide bonds. The summed E-state index contributed by atoms with van der Waals surface area (Å²) in [5.74, 6) is 6.58. The lowest BCUT2D eigenvalue weighted by Gasteiger charge is -2.31. The zero-order chi connectivity index (χ0) is 20.5.